The maximum absolute atomic E-state index is 9.88. The average molecular weight is 191 g/mol. The third-order valence-corrected chi connectivity index (χ3v) is 2.28. The van der Waals surface area contributed by atoms with E-state index in [1.54, 1.807) is 11.2 Å². The molecule has 0 aliphatic rings. The van der Waals surface area contributed by atoms with Crippen molar-refractivity contribution in [2.24, 2.45) is 0 Å². The topological polar surface area (TPSA) is 36.6 Å². The Morgan fingerprint density at radius 2 is 2.07 bits per heavy atom. The minimum absolute atomic E-state index is 0.621. The Bertz CT molecular complexity index is 434. The summed E-state index contributed by atoms with van der Waals surface area (Å²) in [5.41, 5.74) is 1.56. The van der Waals surface area contributed by atoms with Crippen LogP contribution in [0, 0.1) is 0 Å². The largest absolute Gasteiger partial charge is 0.464 e. The Morgan fingerprint density at radius 3 is 2.79 bits per heavy atom. The van der Waals surface area contributed by atoms with Gasteiger partial charge in [-0.3, -0.25) is 4.90 Å². The molecular weight excluding hydrogens is 178 g/mol. The number of nitrogens with zero attached hydrogens (tertiary/aromatic N) is 1. The van der Waals surface area contributed by atoms with Gasteiger partial charge in [0.1, 0.15) is 11.8 Å². The number of aliphatic hydroxyl groups excluding tert-OH is 1. The minimum atomic E-state index is -0.621. The predicted octanol–water partition coefficient (Wildman–Crippen LogP) is 1.99. The van der Waals surface area contributed by atoms with Gasteiger partial charge >= 0.3 is 0 Å². The van der Waals surface area contributed by atoms with E-state index in [4.69, 9.17) is 4.42 Å². The summed E-state index contributed by atoms with van der Waals surface area (Å²) in [5, 5.41) is 10.9. The van der Waals surface area contributed by atoms with Crippen LogP contribution in [0.25, 0.3) is 11.0 Å². The van der Waals surface area contributed by atoms with E-state index in [9.17, 15) is 5.11 Å². The molecule has 2 rings (SSSR count). The van der Waals surface area contributed by atoms with Gasteiger partial charge in [0.05, 0.1) is 6.26 Å². The van der Waals surface area contributed by atoms with E-state index in [1.165, 1.54) is 0 Å². The molecule has 1 atom stereocenters. The molecule has 1 aromatic heterocycles. The molecule has 3 nitrogen and oxygen atoms in total. The zero-order valence-corrected chi connectivity index (χ0v) is 8.27. The number of hydrogen-bond acceptors (Lipinski definition) is 3. The molecule has 1 unspecified atom stereocenters. The Hall–Kier alpha value is -1.32. The summed E-state index contributed by atoms with van der Waals surface area (Å²) >= 11 is 0. The molecule has 1 N–H and O–H groups in total. The summed E-state index contributed by atoms with van der Waals surface area (Å²) in [5.74, 6) is 0. The number of hydrogen-bond donors (Lipinski definition) is 1. The second kappa shape index (κ2) is 3.44. The summed E-state index contributed by atoms with van der Waals surface area (Å²) in [6.45, 7) is 0. The molecule has 0 saturated carbocycles. The van der Waals surface area contributed by atoms with Crippen LogP contribution in [0.1, 0.15) is 11.8 Å². The first kappa shape index (κ1) is 9.24. The zero-order valence-electron chi connectivity index (χ0n) is 8.27. The summed E-state index contributed by atoms with van der Waals surface area (Å²) < 4.78 is 5.33. The Labute approximate surface area is 82.6 Å². The molecule has 0 bridgehead atoms. The first-order chi connectivity index (χ1) is 6.70. The van der Waals surface area contributed by atoms with Crippen LogP contribution in [0.15, 0.2) is 34.9 Å². The molecule has 14 heavy (non-hydrogen) atoms. The zero-order chi connectivity index (χ0) is 10.1. The molecule has 0 aliphatic heterocycles. The lowest BCUT2D eigenvalue weighted by molar-refractivity contribution is 0.0400. The van der Waals surface area contributed by atoms with E-state index in [-0.39, 0.29) is 0 Å². The van der Waals surface area contributed by atoms with Crippen molar-refractivity contribution in [3.63, 3.8) is 0 Å². The fourth-order valence-corrected chi connectivity index (χ4v) is 1.50. The molecule has 0 fully saturated rings. The van der Waals surface area contributed by atoms with E-state index >= 15 is 0 Å². The Balaban J connectivity index is 2.56. The minimum Gasteiger partial charge on any atom is -0.464 e. The highest BCUT2D eigenvalue weighted by Crippen LogP contribution is 2.25. The van der Waals surface area contributed by atoms with E-state index in [1.807, 2.05) is 38.4 Å². The fourth-order valence-electron chi connectivity index (χ4n) is 1.50. The van der Waals surface area contributed by atoms with Crippen LogP contribution in [-0.4, -0.2) is 24.1 Å². The van der Waals surface area contributed by atoms with Gasteiger partial charge in [-0.05, 0) is 20.2 Å². The molecule has 0 saturated heterocycles. The van der Waals surface area contributed by atoms with Gasteiger partial charge in [0.25, 0.3) is 0 Å². The normalized spacial score (nSPS) is 13.7. The molecule has 74 valence electrons. The maximum atomic E-state index is 9.88. The van der Waals surface area contributed by atoms with Crippen molar-refractivity contribution >= 4 is 11.0 Å². The van der Waals surface area contributed by atoms with Crippen molar-refractivity contribution in [2.75, 3.05) is 14.1 Å². The SMILES string of the molecule is CN(C)C(O)c1cccc2ccoc12. The van der Waals surface area contributed by atoms with E-state index < -0.39 is 6.23 Å². The van der Waals surface area contributed by atoms with Crippen LogP contribution in [-0.2, 0) is 0 Å². The van der Waals surface area contributed by atoms with Crippen LogP contribution < -0.4 is 0 Å². The monoisotopic (exact) mass is 191 g/mol. The second-order valence-corrected chi connectivity index (χ2v) is 3.52. The quantitative estimate of drug-likeness (QED) is 0.737. The first-order valence-corrected chi connectivity index (χ1v) is 4.51. The number of rotatable bonds is 2. The number of para-hydroxylation sites is 1. The summed E-state index contributed by atoms with van der Waals surface area (Å²) in [6, 6.07) is 7.64. The fraction of sp³-hybridized carbons (Fsp3) is 0.273. The smallest absolute Gasteiger partial charge is 0.141 e. The highest BCUT2D eigenvalue weighted by Gasteiger charge is 2.14. The maximum Gasteiger partial charge on any atom is 0.141 e. The lowest BCUT2D eigenvalue weighted by Gasteiger charge is -2.18. The van der Waals surface area contributed by atoms with Gasteiger partial charge in [0, 0.05) is 10.9 Å². The van der Waals surface area contributed by atoms with Gasteiger partial charge in [-0.1, -0.05) is 18.2 Å². The van der Waals surface area contributed by atoms with Crippen molar-refractivity contribution in [1.82, 2.24) is 4.90 Å². The number of fused-ring (bicyclic) bond motifs is 1. The van der Waals surface area contributed by atoms with Crippen LogP contribution in [0.4, 0.5) is 0 Å². The third-order valence-electron chi connectivity index (χ3n) is 2.28. The van der Waals surface area contributed by atoms with Crippen molar-refractivity contribution in [2.45, 2.75) is 6.23 Å². The molecule has 0 amide bonds. The lowest BCUT2D eigenvalue weighted by Crippen LogP contribution is -2.19. The Morgan fingerprint density at radius 1 is 1.29 bits per heavy atom. The summed E-state index contributed by atoms with van der Waals surface area (Å²) in [7, 11) is 3.65. The molecular formula is C11H13NO2. The van der Waals surface area contributed by atoms with Crippen molar-refractivity contribution in [3.8, 4) is 0 Å². The van der Waals surface area contributed by atoms with Gasteiger partial charge in [-0.25, -0.2) is 0 Å². The number of aliphatic hydroxyl groups is 1. The molecule has 0 radical (unpaired) electrons. The van der Waals surface area contributed by atoms with Gasteiger partial charge in [-0.15, -0.1) is 0 Å². The molecule has 3 heteroatoms. The van der Waals surface area contributed by atoms with Gasteiger partial charge in [-0.2, -0.15) is 0 Å². The highest BCUT2D eigenvalue weighted by atomic mass is 16.3. The van der Waals surface area contributed by atoms with Crippen LogP contribution >= 0.6 is 0 Å². The van der Waals surface area contributed by atoms with Crippen LogP contribution in [0.3, 0.4) is 0 Å². The second-order valence-electron chi connectivity index (χ2n) is 3.52. The van der Waals surface area contributed by atoms with Crippen molar-refractivity contribution in [1.29, 1.82) is 0 Å². The molecule has 2 aromatic rings. The van der Waals surface area contributed by atoms with Gasteiger partial charge < -0.3 is 9.52 Å². The van der Waals surface area contributed by atoms with Crippen LogP contribution in [0.2, 0.25) is 0 Å². The summed E-state index contributed by atoms with van der Waals surface area (Å²) in [4.78, 5) is 1.73. The van der Waals surface area contributed by atoms with E-state index in [0.717, 1.165) is 16.5 Å². The number of benzene rings is 1. The average Bonchev–Trinajstić information content (AvgIpc) is 2.63. The molecule has 1 aromatic carbocycles. The van der Waals surface area contributed by atoms with Gasteiger partial charge in [0.2, 0.25) is 0 Å². The molecule has 0 aliphatic carbocycles. The number of furan rings is 1. The predicted molar refractivity (Wildman–Crippen MR) is 54.9 cm³/mol. The van der Waals surface area contributed by atoms with Crippen LogP contribution in [0.5, 0.6) is 0 Å². The van der Waals surface area contributed by atoms with Crippen molar-refractivity contribution < 1.29 is 9.52 Å². The van der Waals surface area contributed by atoms with Gasteiger partial charge in [0.15, 0.2) is 0 Å². The van der Waals surface area contributed by atoms with E-state index in [0.29, 0.717) is 0 Å². The first-order valence-electron chi connectivity index (χ1n) is 4.51. The molecule has 1 heterocycles. The lowest BCUT2D eigenvalue weighted by atomic mass is 10.1. The highest BCUT2D eigenvalue weighted by molar-refractivity contribution is 5.80. The standard InChI is InChI=1S/C11H13NO2/c1-12(2)11(13)9-5-3-4-8-6-7-14-10(8)9/h3-7,11,13H,1-2H3. The third kappa shape index (κ3) is 1.41. The molecule has 0 spiro atoms. The van der Waals surface area contributed by atoms with E-state index in [2.05, 4.69) is 0 Å². The van der Waals surface area contributed by atoms with Crippen molar-refractivity contribution in [3.05, 3.63) is 36.1 Å². The summed E-state index contributed by atoms with van der Waals surface area (Å²) in [6.07, 6.45) is 1.01. The Kier molecular flexibility index (Phi) is 2.27.